The van der Waals surface area contributed by atoms with Crippen molar-refractivity contribution >= 4 is 49.6 Å². The molecular formula is C69H49N5. The first kappa shape index (κ1) is 43.3. The van der Waals surface area contributed by atoms with Crippen molar-refractivity contribution in [3.8, 4) is 61.3 Å². The second-order valence-electron chi connectivity index (χ2n) is 19.2. The maximum atomic E-state index is 5.84. The van der Waals surface area contributed by atoms with Crippen molar-refractivity contribution in [1.29, 1.82) is 0 Å². The fraction of sp³-hybridized carbons (Fsp3) is 0.0290. The zero-order valence-electron chi connectivity index (χ0n) is 40.5. The van der Waals surface area contributed by atoms with Crippen LogP contribution < -0.4 is 10.6 Å². The summed E-state index contributed by atoms with van der Waals surface area (Å²) in [5.41, 5.74) is 19.3. The van der Waals surface area contributed by atoms with E-state index in [0.717, 1.165) is 83.4 Å². The van der Waals surface area contributed by atoms with Crippen LogP contribution in [-0.4, -0.2) is 15.1 Å². The number of rotatable bonds is 8. The van der Waals surface area contributed by atoms with Crippen LogP contribution in [-0.2, 0) is 0 Å². The van der Waals surface area contributed by atoms with Gasteiger partial charge in [0.1, 0.15) is 12.3 Å². The zero-order chi connectivity index (χ0) is 49.0. The van der Waals surface area contributed by atoms with Gasteiger partial charge in [-0.1, -0.05) is 231 Å². The van der Waals surface area contributed by atoms with E-state index in [-0.39, 0.29) is 6.17 Å². The quantitative estimate of drug-likeness (QED) is 0.159. The van der Waals surface area contributed by atoms with Gasteiger partial charge in [-0.15, -0.1) is 0 Å². The van der Waals surface area contributed by atoms with Crippen LogP contribution in [0.3, 0.4) is 0 Å². The Morgan fingerprint density at radius 2 is 0.784 bits per heavy atom. The molecule has 2 atom stereocenters. The number of fused-ring (bicyclic) bond motifs is 7. The van der Waals surface area contributed by atoms with Gasteiger partial charge in [-0.05, 0) is 104 Å². The van der Waals surface area contributed by atoms with Crippen molar-refractivity contribution in [3.05, 3.63) is 284 Å². The van der Waals surface area contributed by atoms with E-state index >= 15 is 0 Å². The molecule has 2 N–H and O–H groups in total. The highest BCUT2D eigenvalue weighted by atomic mass is 15.4. The molecule has 0 amide bonds. The van der Waals surface area contributed by atoms with Gasteiger partial charge in [-0.2, -0.15) is 0 Å². The van der Waals surface area contributed by atoms with Gasteiger partial charge in [-0.25, -0.2) is 4.99 Å². The van der Waals surface area contributed by atoms with Crippen LogP contribution in [0.5, 0.6) is 0 Å². The maximum Gasteiger partial charge on any atom is 0.206 e. The van der Waals surface area contributed by atoms with Gasteiger partial charge in [0.25, 0.3) is 0 Å². The SMILES string of the molecule is c1ccc(-c2cc(-c3ccccc3-c3ccccc3)cc(C3N=C(n4c5ccccc5c5ccc6c7ccccc7n(-c7ccc(-c8ccccc8)cc7-c7ccccc7)c6c54)NC(c4ccccc4)N3)c2)cc1. The molecule has 0 radical (unpaired) electrons. The van der Waals surface area contributed by atoms with Crippen LogP contribution in [0, 0.1) is 0 Å². The van der Waals surface area contributed by atoms with Crippen molar-refractivity contribution in [3.63, 3.8) is 0 Å². The fourth-order valence-corrected chi connectivity index (χ4v) is 11.4. The summed E-state index contributed by atoms with van der Waals surface area (Å²) in [4.78, 5) is 5.84. The molecule has 1 aliphatic heterocycles. The normalized spacial score (nSPS) is 14.6. The van der Waals surface area contributed by atoms with E-state index < -0.39 is 6.17 Å². The van der Waals surface area contributed by atoms with Crippen molar-refractivity contribution in [1.82, 2.24) is 19.8 Å². The summed E-state index contributed by atoms with van der Waals surface area (Å²) >= 11 is 0. The first-order chi connectivity index (χ1) is 36.7. The van der Waals surface area contributed by atoms with Crippen molar-refractivity contribution in [2.45, 2.75) is 12.3 Å². The Kier molecular flexibility index (Phi) is 10.7. The van der Waals surface area contributed by atoms with Gasteiger partial charge >= 0.3 is 0 Å². The molecule has 0 bridgehead atoms. The molecule has 5 nitrogen and oxygen atoms in total. The Labute approximate surface area is 430 Å². The molecule has 1 aliphatic rings. The summed E-state index contributed by atoms with van der Waals surface area (Å²) in [6, 6.07) is 98.6. The Morgan fingerprint density at radius 3 is 1.41 bits per heavy atom. The van der Waals surface area contributed by atoms with Crippen LogP contribution in [0.4, 0.5) is 0 Å². The zero-order valence-corrected chi connectivity index (χ0v) is 40.5. The smallest absolute Gasteiger partial charge is 0.206 e. The number of nitrogens with zero attached hydrogens (tertiary/aromatic N) is 3. The summed E-state index contributed by atoms with van der Waals surface area (Å²) in [6.45, 7) is 0. The highest BCUT2D eigenvalue weighted by Gasteiger charge is 2.30. The fourth-order valence-electron chi connectivity index (χ4n) is 11.4. The number of nitrogens with one attached hydrogen (secondary N) is 2. The van der Waals surface area contributed by atoms with Gasteiger partial charge in [0.05, 0.1) is 27.8 Å². The third-order valence-corrected chi connectivity index (χ3v) is 14.8. The number of benzene rings is 11. The number of hydrogen-bond donors (Lipinski definition) is 2. The predicted molar refractivity (Wildman–Crippen MR) is 308 cm³/mol. The van der Waals surface area contributed by atoms with Crippen LogP contribution in [0.25, 0.3) is 105 Å². The molecule has 0 saturated carbocycles. The first-order valence-corrected chi connectivity index (χ1v) is 25.4. The van der Waals surface area contributed by atoms with Gasteiger partial charge in [-0.3, -0.25) is 9.88 Å². The van der Waals surface area contributed by atoms with E-state index in [9.17, 15) is 0 Å². The lowest BCUT2D eigenvalue weighted by atomic mass is 9.90. The van der Waals surface area contributed by atoms with E-state index in [0.29, 0.717) is 0 Å². The molecule has 0 aliphatic carbocycles. The lowest BCUT2D eigenvalue weighted by Gasteiger charge is -2.33. The molecule has 2 aromatic heterocycles. The van der Waals surface area contributed by atoms with Gasteiger partial charge in [0.2, 0.25) is 5.96 Å². The maximum absolute atomic E-state index is 5.84. The highest BCUT2D eigenvalue weighted by molar-refractivity contribution is 6.26. The average molecular weight is 948 g/mol. The minimum atomic E-state index is -0.445. The van der Waals surface area contributed by atoms with Crippen LogP contribution >= 0.6 is 0 Å². The summed E-state index contributed by atoms with van der Waals surface area (Å²) in [7, 11) is 0. The third kappa shape index (κ3) is 7.49. The molecule has 0 fully saturated rings. The van der Waals surface area contributed by atoms with E-state index in [2.05, 4.69) is 293 Å². The largest absolute Gasteiger partial charge is 0.336 e. The highest BCUT2D eigenvalue weighted by Crippen LogP contribution is 2.44. The number of aliphatic imine (C=N–C) groups is 1. The summed E-state index contributed by atoms with van der Waals surface area (Å²) in [6.07, 6.45) is -0.732. The second-order valence-corrected chi connectivity index (χ2v) is 19.2. The molecule has 3 heterocycles. The molecule has 11 aromatic carbocycles. The topological polar surface area (TPSA) is 46.3 Å². The molecule has 350 valence electrons. The van der Waals surface area contributed by atoms with Gasteiger partial charge < -0.3 is 9.88 Å². The van der Waals surface area contributed by atoms with Crippen LogP contribution in [0.15, 0.2) is 278 Å². The van der Waals surface area contributed by atoms with Crippen LogP contribution in [0.2, 0.25) is 0 Å². The number of hydrogen-bond acceptors (Lipinski definition) is 3. The summed E-state index contributed by atoms with van der Waals surface area (Å²) in [5, 5.41) is 12.7. The van der Waals surface area contributed by atoms with Crippen LogP contribution in [0.1, 0.15) is 23.5 Å². The van der Waals surface area contributed by atoms with Crippen molar-refractivity contribution < 1.29 is 0 Å². The van der Waals surface area contributed by atoms with Crippen molar-refractivity contribution in [2.75, 3.05) is 0 Å². The molecular weight excluding hydrogens is 899 g/mol. The molecule has 2 unspecified atom stereocenters. The second kappa shape index (κ2) is 18.2. The number of aromatic nitrogens is 2. The van der Waals surface area contributed by atoms with E-state index in [4.69, 9.17) is 4.99 Å². The molecule has 0 spiro atoms. The Morgan fingerprint density at radius 1 is 0.311 bits per heavy atom. The standard InChI is InChI=1S/C69H49N5/c1-6-22-46(23-7-1)51-38-41-64(61(45-51)49-28-12-4-13-29-49)73-62-36-20-18-34-57(62)59-39-40-60-58-35-19-21-37-63(58)74(66(60)65(59)73)69-71-67(50-30-14-5-15-31-50)70-68(72-69)54-43-52(47-24-8-2-9-25-47)42-53(44-54)56-33-17-16-32-55(56)48-26-10-3-11-27-48/h1-45,67-68,70H,(H,71,72). The lowest BCUT2D eigenvalue weighted by molar-refractivity contribution is 0.403. The molecule has 13 aromatic rings. The molecule has 74 heavy (non-hydrogen) atoms. The monoisotopic (exact) mass is 947 g/mol. The third-order valence-electron chi connectivity index (χ3n) is 14.8. The molecule has 14 rings (SSSR count). The lowest BCUT2D eigenvalue weighted by Crippen LogP contribution is -2.47. The van der Waals surface area contributed by atoms with E-state index in [1.54, 1.807) is 0 Å². The molecule has 0 saturated heterocycles. The average Bonchev–Trinajstić information content (AvgIpc) is 4.07. The first-order valence-electron chi connectivity index (χ1n) is 25.4. The summed E-state index contributed by atoms with van der Waals surface area (Å²) < 4.78 is 4.91. The Balaban J connectivity index is 1.05. The molecule has 5 heteroatoms. The Hall–Kier alpha value is -9.55. The summed E-state index contributed by atoms with van der Waals surface area (Å²) in [5.74, 6) is 0.761. The predicted octanol–water partition coefficient (Wildman–Crippen LogP) is 17.0. The van der Waals surface area contributed by atoms with Gasteiger partial charge in [0.15, 0.2) is 0 Å². The van der Waals surface area contributed by atoms with Crippen molar-refractivity contribution in [2.24, 2.45) is 4.99 Å². The van der Waals surface area contributed by atoms with E-state index in [1.165, 1.54) is 38.6 Å². The number of para-hydroxylation sites is 2. The van der Waals surface area contributed by atoms with E-state index in [1.807, 2.05) is 0 Å². The Bertz CT molecular complexity index is 4230. The minimum absolute atomic E-state index is 0.286. The minimum Gasteiger partial charge on any atom is -0.336 e. The van der Waals surface area contributed by atoms with Gasteiger partial charge in [0, 0.05) is 27.1 Å².